The lowest BCUT2D eigenvalue weighted by molar-refractivity contribution is -0.117. The van der Waals surface area contributed by atoms with Gasteiger partial charge in [-0.2, -0.15) is 5.26 Å². The highest BCUT2D eigenvalue weighted by Gasteiger charge is 2.41. The molecule has 5 nitrogen and oxygen atoms in total. The quantitative estimate of drug-likeness (QED) is 0.365. The minimum atomic E-state index is -0.581. The molecule has 0 aliphatic carbocycles. The van der Waals surface area contributed by atoms with Gasteiger partial charge in [0.1, 0.15) is 22.5 Å². The molecule has 1 fully saturated rings. The van der Waals surface area contributed by atoms with Gasteiger partial charge >= 0.3 is 0 Å². The number of hydrogen-bond acceptors (Lipinski definition) is 4. The third kappa shape index (κ3) is 5.28. The Morgan fingerprint density at radius 1 is 1.03 bits per heavy atom. The summed E-state index contributed by atoms with van der Waals surface area (Å²) in [7, 11) is 0. The van der Waals surface area contributed by atoms with E-state index >= 15 is 0 Å². The van der Waals surface area contributed by atoms with Gasteiger partial charge in [0, 0.05) is 11.4 Å². The maximum Gasteiger partial charge on any atom is 0.269 e. The molecule has 0 aromatic heterocycles. The van der Waals surface area contributed by atoms with Gasteiger partial charge in [-0.05, 0) is 80.3 Å². The van der Waals surface area contributed by atoms with Crippen LogP contribution >= 0.6 is 11.8 Å². The summed E-state index contributed by atoms with van der Waals surface area (Å²) >= 11 is 1.18. The third-order valence-electron chi connectivity index (χ3n) is 5.90. The van der Waals surface area contributed by atoms with Gasteiger partial charge in [0.15, 0.2) is 0 Å². The molecule has 0 bridgehead atoms. The zero-order valence-electron chi connectivity index (χ0n) is 19.6. The second-order valence-corrected chi connectivity index (χ2v) is 9.68. The molecule has 3 aromatic carbocycles. The predicted octanol–water partition coefficient (Wildman–Crippen LogP) is 5.82. The fraction of sp³-hybridized carbons (Fsp3) is 0.179. The van der Waals surface area contributed by atoms with Crippen LogP contribution in [0.1, 0.15) is 22.3 Å². The van der Waals surface area contributed by atoms with Crippen LogP contribution in [0.5, 0.6) is 0 Å². The van der Waals surface area contributed by atoms with Crippen LogP contribution in [0.25, 0.3) is 0 Å². The van der Waals surface area contributed by atoms with Crippen molar-refractivity contribution in [2.24, 2.45) is 0 Å². The Morgan fingerprint density at radius 2 is 1.71 bits per heavy atom. The molecule has 4 rings (SSSR count). The van der Waals surface area contributed by atoms with Crippen molar-refractivity contribution < 1.29 is 14.0 Å². The van der Waals surface area contributed by atoms with Crippen LogP contribution in [-0.2, 0) is 16.0 Å². The number of nitrogens with one attached hydrogen (secondary N) is 1. The molecule has 3 aromatic rings. The largest absolute Gasteiger partial charge is 0.321 e. The molecular weight excluding hydrogens is 461 g/mol. The number of aryl methyl sites for hydroxylation is 3. The zero-order valence-corrected chi connectivity index (χ0v) is 20.4. The molecule has 1 heterocycles. The second-order valence-electron chi connectivity index (χ2n) is 8.49. The van der Waals surface area contributed by atoms with Gasteiger partial charge in [0.25, 0.3) is 5.91 Å². The number of hydrogen-bond donors (Lipinski definition) is 1. The van der Waals surface area contributed by atoms with Crippen LogP contribution in [0.15, 0.2) is 77.3 Å². The number of benzene rings is 3. The van der Waals surface area contributed by atoms with Gasteiger partial charge in [-0.15, -0.1) is 0 Å². The van der Waals surface area contributed by atoms with Crippen molar-refractivity contribution in [1.82, 2.24) is 0 Å². The van der Waals surface area contributed by atoms with E-state index in [9.17, 15) is 19.2 Å². The molecule has 1 N–H and O–H groups in total. The minimum Gasteiger partial charge on any atom is -0.321 e. The molecule has 1 aliphatic rings. The number of nitriles is 1. The summed E-state index contributed by atoms with van der Waals surface area (Å²) in [5.74, 6) is -1.16. The average molecular weight is 486 g/mol. The molecule has 1 atom stereocenters. The fourth-order valence-corrected chi connectivity index (χ4v) is 5.06. The molecule has 35 heavy (non-hydrogen) atoms. The number of anilines is 2. The summed E-state index contributed by atoms with van der Waals surface area (Å²) in [6.07, 6.45) is 0.340. The van der Waals surface area contributed by atoms with Crippen LogP contribution in [0.2, 0.25) is 0 Å². The topological polar surface area (TPSA) is 73.2 Å². The smallest absolute Gasteiger partial charge is 0.269 e. The summed E-state index contributed by atoms with van der Waals surface area (Å²) in [5, 5.41) is 12.5. The Morgan fingerprint density at radius 3 is 2.34 bits per heavy atom. The number of nitrogens with zero attached hydrogens (tertiary/aromatic N) is 2. The summed E-state index contributed by atoms with van der Waals surface area (Å²) in [6.45, 7) is 5.86. The van der Waals surface area contributed by atoms with Crippen molar-refractivity contribution in [2.45, 2.75) is 32.4 Å². The number of rotatable bonds is 5. The van der Waals surface area contributed by atoms with E-state index in [1.54, 1.807) is 24.3 Å². The molecule has 1 unspecified atom stereocenters. The third-order valence-corrected chi connectivity index (χ3v) is 7.16. The summed E-state index contributed by atoms with van der Waals surface area (Å²) in [6, 6.07) is 20.9. The van der Waals surface area contributed by atoms with Crippen LogP contribution in [-0.4, -0.2) is 17.1 Å². The first-order valence-corrected chi connectivity index (χ1v) is 12.0. The van der Waals surface area contributed by atoms with Crippen LogP contribution < -0.4 is 10.2 Å². The van der Waals surface area contributed by atoms with E-state index in [-0.39, 0.29) is 22.3 Å². The first-order chi connectivity index (χ1) is 16.8. The monoisotopic (exact) mass is 485 g/mol. The number of carbonyl (C=O) groups excluding carboxylic acids is 2. The first-order valence-electron chi connectivity index (χ1n) is 11.1. The van der Waals surface area contributed by atoms with Crippen LogP contribution in [0, 0.1) is 37.9 Å². The van der Waals surface area contributed by atoms with E-state index in [1.807, 2.05) is 57.2 Å². The SMILES string of the molecule is Cc1ccc(NC(=O)/C(C#N)=C2\SC(Cc3ccc(F)cc3)C(=O)N2c2ccc(C)c(C)c2)cc1. The van der Waals surface area contributed by atoms with Crippen molar-refractivity contribution in [3.05, 3.63) is 105 Å². The van der Waals surface area contributed by atoms with Crippen molar-refractivity contribution in [2.75, 3.05) is 10.2 Å². The summed E-state index contributed by atoms with van der Waals surface area (Å²) in [5.41, 5.74) is 4.92. The maximum absolute atomic E-state index is 13.6. The molecule has 0 saturated carbocycles. The molecule has 176 valence electrons. The van der Waals surface area contributed by atoms with Gasteiger partial charge in [-0.25, -0.2) is 4.39 Å². The number of carbonyl (C=O) groups is 2. The van der Waals surface area contributed by atoms with Gasteiger partial charge in [-0.1, -0.05) is 47.7 Å². The number of amides is 2. The molecule has 2 amide bonds. The molecule has 1 aliphatic heterocycles. The summed E-state index contributed by atoms with van der Waals surface area (Å²) < 4.78 is 13.4. The lowest BCUT2D eigenvalue weighted by atomic mass is 10.1. The highest BCUT2D eigenvalue weighted by atomic mass is 32.2. The van der Waals surface area contributed by atoms with E-state index in [0.29, 0.717) is 17.8 Å². The number of halogens is 1. The van der Waals surface area contributed by atoms with Gasteiger partial charge in [0.05, 0.1) is 5.25 Å². The van der Waals surface area contributed by atoms with Crippen molar-refractivity contribution in [3.63, 3.8) is 0 Å². The van der Waals surface area contributed by atoms with Crippen LogP contribution in [0.3, 0.4) is 0 Å². The van der Waals surface area contributed by atoms with Crippen molar-refractivity contribution >= 4 is 35.0 Å². The Labute approximate surface area is 208 Å². The molecule has 0 spiro atoms. The summed E-state index contributed by atoms with van der Waals surface area (Å²) in [4.78, 5) is 28.2. The van der Waals surface area contributed by atoms with E-state index in [2.05, 4.69) is 5.32 Å². The molecule has 7 heteroatoms. The maximum atomic E-state index is 13.6. The Bertz CT molecular complexity index is 1360. The Kier molecular flexibility index (Phi) is 7.04. The molecule has 0 radical (unpaired) electrons. The zero-order chi connectivity index (χ0) is 25.1. The van der Waals surface area contributed by atoms with Gasteiger partial charge in [0.2, 0.25) is 5.91 Å². The highest BCUT2D eigenvalue weighted by Crippen LogP contribution is 2.42. The van der Waals surface area contributed by atoms with Crippen LogP contribution in [0.4, 0.5) is 15.8 Å². The van der Waals surface area contributed by atoms with E-state index in [0.717, 1.165) is 22.3 Å². The lowest BCUT2D eigenvalue weighted by Crippen LogP contribution is -2.31. The van der Waals surface area contributed by atoms with E-state index in [1.165, 1.54) is 28.8 Å². The fourth-order valence-electron chi connectivity index (χ4n) is 3.75. The van der Waals surface area contributed by atoms with Gasteiger partial charge in [-0.3, -0.25) is 14.5 Å². The van der Waals surface area contributed by atoms with E-state index in [4.69, 9.17) is 0 Å². The first kappa shape index (κ1) is 24.2. The second kappa shape index (κ2) is 10.2. The Balaban J connectivity index is 1.74. The lowest BCUT2D eigenvalue weighted by Gasteiger charge is -2.20. The van der Waals surface area contributed by atoms with Gasteiger partial charge < -0.3 is 5.32 Å². The minimum absolute atomic E-state index is 0.135. The van der Waals surface area contributed by atoms with E-state index < -0.39 is 11.2 Å². The van der Waals surface area contributed by atoms with Crippen molar-refractivity contribution in [3.8, 4) is 6.07 Å². The standard InChI is InChI=1S/C28H24FN3O2S/c1-17-4-11-22(12-5-17)31-26(33)24(16-30)28-32(23-13-6-18(2)19(3)14-23)27(34)25(35-28)15-20-7-9-21(29)10-8-20/h4-14,25H,15H2,1-3H3,(H,31,33)/b28-24-. The molecular formula is C28H24FN3O2S. The number of thioether (sulfide) groups is 1. The average Bonchev–Trinajstić information content (AvgIpc) is 3.14. The van der Waals surface area contributed by atoms with Crippen molar-refractivity contribution in [1.29, 1.82) is 5.26 Å². The highest BCUT2D eigenvalue weighted by molar-refractivity contribution is 8.05. The Hall–Kier alpha value is -3.89. The molecule has 1 saturated heterocycles. The predicted molar refractivity (Wildman–Crippen MR) is 137 cm³/mol. The normalized spacial score (nSPS) is 16.7.